The lowest BCUT2D eigenvalue weighted by atomic mass is 10.1. The van der Waals surface area contributed by atoms with Gasteiger partial charge >= 0.3 is 5.97 Å². The fraction of sp³-hybridized carbons (Fsp3) is 0.154. The van der Waals surface area contributed by atoms with Crippen molar-refractivity contribution in [1.82, 2.24) is 0 Å². The average Bonchev–Trinajstić information content (AvgIpc) is 2.37. The van der Waals surface area contributed by atoms with Crippen LogP contribution >= 0.6 is 8.81 Å². The molecule has 2 aromatic rings. The summed E-state index contributed by atoms with van der Waals surface area (Å²) in [6.45, 7) is 0. The fourth-order valence-corrected chi connectivity index (χ4v) is 2.27. The molecular formula is C13H13O3P. The zero-order valence-electron chi connectivity index (χ0n) is 9.69. The Morgan fingerprint density at radius 3 is 2.47 bits per heavy atom. The number of esters is 1. The van der Waals surface area contributed by atoms with Crippen LogP contribution in [-0.2, 0) is 9.26 Å². The van der Waals surface area contributed by atoms with Crippen molar-refractivity contribution in [2.24, 2.45) is 0 Å². The van der Waals surface area contributed by atoms with Gasteiger partial charge in [0.25, 0.3) is 0 Å². The first-order valence-electron chi connectivity index (χ1n) is 5.15. The summed E-state index contributed by atoms with van der Waals surface area (Å²) in [6.07, 6.45) is 0. The highest BCUT2D eigenvalue weighted by molar-refractivity contribution is 7.41. The smallest absolute Gasteiger partial charge is 0.337 e. The van der Waals surface area contributed by atoms with Gasteiger partial charge in [0, 0.05) is 21.2 Å². The maximum absolute atomic E-state index is 11.4. The Labute approximate surface area is 102 Å². The highest BCUT2D eigenvalue weighted by atomic mass is 31.1. The third kappa shape index (κ3) is 2.63. The normalized spacial score (nSPS) is 11.2. The number of hydrogen-bond donors (Lipinski definition) is 0. The molecule has 1 unspecified atom stereocenters. The zero-order valence-corrected chi connectivity index (χ0v) is 10.7. The second-order valence-electron chi connectivity index (χ2n) is 3.57. The lowest BCUT2D eigenvalue weighted by molar-refractivity contribution is 0.0601. The lowest BCUT2D eigenvalue weighted by Crippen LogP contribution is -2.01. The number of methoxy groups -OCH3 is 1. The number of benzene rings is 2. The van der Waals surface area contributed by atoms with Crippen LogP contribution in [0.3, 0.4) is 0 Å². The van der Waals surface area contributed by atoms with Gasteiger partial charge in [-0.25, -0.2) is 4.79 Å². The molecule has 0 heterocycles. The summed E-state index contributed by atoms with van der Waals surface area (Å²) in [6, 6.07) is 11.6. The van der Waals surface area contributed by atoms with Crippen LogP contribution in [0.5, 0.6) is 0 Å². The highest BCUT2D eigenvalue weighted by Crippen LogP contribution is 2.19. The Hall–Kier alpha value is -1.44. The Morgan fingerprint density at radius 1 is 1.06 bits per heavy atom. The van der Waals surface area contributed by atoms with Crippen LogP contribution in [0.1, 0.15) is 10.4 Å². The van der Waals surface area contributed by atoms with Crippen molar-refractivity contribution in [3.05, 3.63) is 42.0 Å². The molecule has 0 aromatic heterocycles. The second-order valence-corrected chi connectivity index (χ2v) is 4.76. The molecular weight excluding hydrogens is 235 g/mol. The molecule has 0 amide bonds. The van der Waals surface area contributed by atoms with E-state index in [9.17, 15) is 4.79 Å². The Balaban J connectivity index is 2.43. The van der Waals surface area contributed by atoms with E-state index in [-0.39, 0.29) is 5.97 Å². The predicted molar refractivity (Wildman–Crippen MR) is 70.2 cm³/mol. The van der Waals surface area contributed by atoms with E-state index < -0.39 is 0 Å². The van der Waals surface area contributed by atoms with Crippen LogP contribution in [0.2, 0.25) is 0 Å². The molecule has 0 spiro atoms. The third-order valence-corrected chi connectivity index (χ3v) is 3.23. The van der Waals surface area contributed by atoms with Crippen molar-refractivity contribution >= 4 is 30.9 Å². The maximum atomic E-state index is 11.4. The van der Waals surface area contributed by atoms with Crippen molar-refractivity contribution in [2.75, 3.05) is 14.2 Å². The SMILES string of the molecule is COPc1ccc2cc(C(=O)OC)ccc2c1. The van der Waals surface area contributed by atoms with E-state index in [1.165, 1.54) is 7.11 Å². The number of rotatable bonds is 3. The van der Waals surface area contributed by atoms with Crippen LogP contribution in [0.25, 0.3) is 10.8 Å². The van der Waals surface area contributed by atoms with Gasteiger partial charge in [-0.05, 0) is 29.0 Å². The number of carbonyl (C=O) groups is 1. The van der Waals surface area contributed by atoms with Crippen LogP contribution in [0, 0.1) is 0 Å². The topological polar surface area (TPSA) is 35.5 Å². The van der Waals surface area contributed by atoms with Gasteiger partial charge in [-0.3, -0.25) is 0 Å². The van der Waals surface area contributed by atoms with Crippen LogP contribution in [0.4, 0.5) is 0 Å². The first-order chi connectivity index (χ1) is 8.24. The monoisotopic (exact) mass is 248 g/mol. The van der Waals surface area contributed by atoms with E-state index in [1.807, 2.05) is 24.3 Å². The molecule has 3 nitrogen and oxygen atoms in total. The van der Waals surface area contributed by atoms with Crippen molar-refractivity contribution in [1.29, 1.82) is 0 Å². The Morgan fingerprint density at radius 2 is 1.76 bits per heavy atom. The molecule has 0 radical (unpaired) electrons. The van der Waals surface area contributed by atoms with E-state index in [1.54, 1.807) is 13.2 Å². The summed E-state index contributed by atoms with van der Waals surface area (Å²) in [5.74, 6) is -0.310. The molecule has 4 heteroatoms. The molecule has 0 fully saturated rings. The minimum atomic E-state index is -0.310. The van der Waals surface area contributed by atoms with Crippen molar-refractivity contribution in [2.45, 2.75) is 0 Å². The third-order valence-electron chi connectivity index (χ3n) is 2.48. The summed E-state index contributed by atoms with van der Waals surface area (Å²) in [4.78, 5) is 11.4. The molecule has 2 rings (SSSR count). The molecule has 0 saturated heterocycles. The minimum Gasteiger partial charge on any atom is -0.465 e. The molecule has 0 N–H and O–H groups in total. The lowest BCUT2D eigenvalue weighted by Gasteiger charge is -2.04. The molecule has 88 valence electrons. The van der Waals surface area contributed by atoms with E-state index >= 15 is 0 Å². The van der Waals surface area contributed by atoms with Crippen molar-refractivity contribution in [3.8, 4) is 0 Å². The standard InChI is InChI=1S/C13H13O3P/c1-15-13(14)11-4-3-10-8-12(17-16-2)6-5-9(10)7-11/h3-8,17H,1-2H3. The van der Waals surface area contributed by atoms with Gasteiger partial charge in [-0.15, -0.1) is 0 Å². The van der Waals surface area contributed by atoms with E-state index in [4.69, 9.17) is 4.52 Å². The maximum Gasteiger partial charge on any atom is 0.337 e. The molecule has 1 atom stereocenters. The first kappa shape index (κ1) is 12.0. The quantitative estimate of drug-likeness (QED) is 0.618. The van der Waals surface area contributed by atoms with Gasteiger partial charge < -0.3 is 9.26 Å². The van der Waals surface area contributed by atoms with Crippen LogP contribution < -0.4 is 5.30 Å². The summed E-state index contributed by atoms with van der Waals surface area (Å²) in [5.41, 5.74) is 0.571. The minimum absolute atomic E-state index is 0.310. The van der Waals surface area contributed by atoms with Gasteiger partial charge in [0.05, 0.1) is 12.7 Å². The largest absolute Gasteiger partial charge is 0.465 e. The summed E-state index contributed by atoms with van der Waals surface area (Å²) >= 11 is 0. The molecule has 0 bridgehead atoms. The second kappa shape index (κ2) is 5.26. The zero-order chi connectivity index (χ0) is 12.3. The predicted octanol–water partition coefficient (Wildman–Crippen LogP) is 2.49. The van der Waals surface area contributed by atoms with E-state index in [0.29, 0.717) is 14.4 Å². The number of fused-ring (bicyclic) bond motifs is 1. The van der Waals surface area contributed by atoms with Gasteiger partial charge in [0.15, 0.2) is 0 Å². The molecule has 2 aromatic carbocycles. The molecule has 0 aliphatic heterocycles. The fourth-order valence-electron chi connectivity index (χ4n) is 1.67. The van der Waals surface area contributed by atoms with Gasteiger partial charge in [-0.2, -0.15) is 0 Å². The van der Waals surface area contributed by atoms with E-state index in [2.05, 4.69) is 10.8 Å². The van der Waals surface area contributed by atoms with E-state index in [0.717, 1.165) is 16.1 Å². The summed E-state index contributed by atoms with van der Waals surface area (Å²) < 4.78 is 9.80. The molecule has 0 saturated carbocycles. The molecule has 0 aliphatic rings. The Kier molecular flexibility index (Phi) is 3.72. The highest BCUT2D eigenvalue weighted by Gasteiger charge is 2.06. The Bertz CT molecular complexity index is 551. The molecule has 17 heavy (non-hydrogen) atoms. The average molecular weight is 248 g/mol. The first-order valence-corrected chi connectivity index (χ1v) is 6.06. The summed E-state index contributed by atoms with van der Waals surface area (Å²) in [5, 5.41) is 3.27. The van der Waals surface area contributed by atoms with Crippen molar-refractivity contribution < 1.29 is 14.1 Å². The van der Waals surface area contributed by atoms with Gasteiger partial charge in [0.2, 0.25) is 0 Å². The van der Waals surface area contributed by atoms with Crippen LogP contribution in [-0.4, -0.2) is 20.2 Å². The van der Waals surface area contributed by atoms with Crippen LogP contribution in [0.15, 0.2) is 36.4 Å². The molecule has 0 aliphatic carbocycles. The van der Waals surface area contributed by atoms with Gasteiger partial charge in [-0.1, -0.05) is 18.2 Å². The summed E-state index contributed by atoms with van der Waals surface area (Å²) in [7, 11) is 3.42. The number of hydrogen-bond acceptors (Lipinski definition) is 3. The van der Waals surface area contributed by atoms with Crippen molar-refractivity contribution in [3.63, 3.8) is 0 Å². The van der Waals surface area contributed by atoms with Gasteiger partial charge in [0.1, 0.15) is 0 Å². The number of carbonyl (C=O) groups excluding carboxylic acids is 1. The number of ether oxygens (including phenoxy) is 1.